The van der Waals surface area contributed by atoms with Gasteiger partial charge in [0.1, 0.15) is 0 Å². The Balaban J connectivity index is 2.07. The van der Waals surface area contributed by atoms with Crippen molar-refractivity contribution >= 4 is 0 Å². The van der Waals surface area contributed by atoms with Gasteiger partial charge in [0.2, 0.25) is 0 Å². The normalized spacial score (nSPS) is 11.0. The summed E-state index contributed by atoms with van der Waals surface area (Å²) in [5.41, 5.74) is 1.16. The van der Waals surface area contributed by atoms with Crippen LogP contribution in [0.15, 0.2) is 12.5 Å². The van der Waals surface area contributed by atoms with Crippen molar-refractivity contribution in [3.05, 3.63) is 18.2 Å². The molecule has 0 saturated carbocycles. The molecule has 0 aliphatic carbocycles. The molecule has 104 valence electrons. The number of hydrogen-bond acceptors (Lipinski definition) is 2. The van der Waals surface area contributed by atoms with Crippen molar-refractivity contribution < 1.29 is 0 Å². The lowest BCUT2D eigenvalue weighted by atomic mass is 10.1. The number of nitrogens with one attached hydrogen (secondary N) is 1. The third-order valence-corrected chi connectivity index (χ3v) is 3.19. The van der Waals surface area contributed by atoms with E-state index in [4.69, 9.17) is 0 Å². The van der Waals surface area contributed by atoms with Crippen molar-refractivity contribution in [1.82, 2.24) is 14.9 Å². The average molecular weight is 251 g/mol. The Hall–Kier alpha value is -0.830. The first-order valence-corrected chi connectivity index (χ1v) is 7.58. The molecular weight excluding hydrogens is 222 g/mol. The summed E-state index contributed by atoms with van der Waals surface area (Å²) in [7, 11) is 0. The quantitative estimate of drug-likeness (QED) is 0.607. The molecule has 3 nitrogen and oxygen atoms in total. The summed E-state index contributed by atoms with van der Waals surface area (Å²) in [5.74, 6) is 0. The van der Waals surface area contributed by atoms with Gasteiger partial charge in [-0.3, -0.25) is 0 Å². The second-order valence-corrected chi connectivity index (χ2v) is 5.05. The Morgan fingerprint density at radius 1 is 1.06 bits per heavy atom. The number of aryl methyl sites for hydroxylation is 1. The minimum absolute atomic E-state index is 0.900. The molecule has 0 aliphatic rings. The molecule has 0 radical (unpaired) electrons. The zero-order valence-electron chi connectivity index (χ0n) is 12.1. The molecule has 0 aliphatic heterocycles. The van der Waals surface area contributed by atoms with E-state index in [0.29, 0.717) is 0 Å². The molecule has 1 aromatic heterocycles. The molecule has 0 amide bonds. The van der Waals surface area contributed by atoms with Gasteiger partial charge in [0.05, 0.1) is 12.0 Å². The van der Waals surface area contributed by atoms with Gasteiger partial charge in [-0.1, -0.05) is 46.0 Å². The predicted molar refractivity (Wildman–Crippen MR) is 77.6 cm³/mol. The minimum atomic E-state index is 0.900. The lowest BCUT2D eigenvalue weighted by molar-refractivity contribution is 0.557. The molecule has 0 unspecified atom stereocenters. The molecule has 0 bridgehead atoms. The Labute approximate surface area is 112 Å². The number of unbranched alkanes of at least 4 members (excludes halogenated alkanes) is 5. The number of nitrogens with zero attached hydrogens (tertiary/aromatic N) is 2. The van der Waals surface area contributed by atoms with Crippen LogP contribution in [-0.2, 0) is 13.1 Å². The molecule has 1 N–H and O–H groups in total. The number of rotatable bonds is 11. The highest BCUT2D eigenvalue weighted by atomic mass is 15.0. The molecule has 18 heavy (non-hydrogen) atoms. The highest BCUT2D eigenvalue weighted by Gasteiger charge is 1.98. The van der Waals surface area contributed by atoms with Crippen LogP contribution >= 0.6 is 0 Å². The van der Waals surface area contributed by atoms with Crippen molar-refractivity contribution in [1.29, 1.82) is 0 Å². The van der Waals surface area contributed by atoms with Gasteiger partial charge in [-0.2, -0.15) is 0 Å². The lowest BCUT2D eigenvalue weighted by Gasteiger charge is -2.02. The van der Waals surface area contributed by atoms with Crippen molar-refractivity contribution in [3.8, 4) is 0 Å². The summed E-state index contributed by atoms with van der Waals surface area (Å²) in [6.07, 6.45) is 13.4. The maximum atomic E-state index is 4.42. The van der Waals surface area contributed by atoms with Gasteiger partial charge >= 0.3 is 0 Å². The first kappa shape index (κ1) is 15.2. The topological polar surface area (TPSA) is 29.9 Å². The van der Waals surface area contributed by atoms with Crippen LogP contribution in [0.3, 0.4) is 0 Å². The van der Waals surface area contributed by atoms with Gasteiger partial charge in [-0.25, -0.2) is 4.98 Å². The monoisotopic (exact) mass is 251 g/mol. The van der Waals surface area contributed by atoms with Gasteiger partial charge in [0, 0.05) is 19.3 Å². The highest BCUT2D eigenvalue weighted by molar-refractivity contribution is 4.95. The molecular formula is C15H29N3. The molecule has 0 spiro atoms. The van der Waals surface area contributed by atoms with E-state index in [1.54, 1.807) is 0 Å². The van der Waals surface area contributed by atoms with Crippen LogP contribution in [0.25, 0.3) is 0 Å². The first-order valence-electron chi connectivity index (χ1n) is 7.58. The molecule has 1 rings (SSSR count). The van der Waals surface area contributed by atoms with Crippen LogP contribution in [0.5, 0.6) is 0 Å². The van der Waals surface area contributed by atoms with E-state index in [1.165, 1.54) is 44.9 Å². The highest BCUT2D eigenvalue weighted by Crippen LogP contribution is 2.06. The zero-order valence-corrected chi connectivity index (χ0v) is 12.1. The number of imidazole rings is 1. The molecule has 0 aromatic carbocycles. The number of hydrogen-bond donors (Lipinski definition) is 1. The molecule has 1 heterocycles. The summed E-state index contributed by atoms with van der Waals surface area (Å²) in [5, 5.41) is 3.38. The van der Waals surface area contributed by atoms with Crippen LogP contribution in [-0.4, -0.2) is 16.1 Å². The summed E-state index contributed by atoms with van der Waals surface area (Å²) in [6.45, 7) is 7.54. The second-order valence-electron chi connectivity index (χ2n) is 5.05. The van der Waals surface area contributed by atoms with E-state index in [9.17, 15) is 0 Å². The van der Waals surface area contributed by atoms with Crippen LogP contribution in [0, 0.1) is 0 Å². The van der Waals surface area contributed by atoms with Gasteiger partial charge in [-0.05, 0) is 19.4 Å². The SMILES string of the molecule is CCCCCCCCn1cnc(CNCCC)c1. The molecule has 1 aromatic rings. The van der Waals surface area contributed by atoms with Gasteiger partial charge < -0.3 is 9.88 Å². The van der Waals surface area contributed by atoms with Crippen LogP contribution < -0.4 is 5.32 Å². The Morgan fingerprint density at radius 2 is 1.83 bits per heavy atom. The fraction of sp³-hybridized carbons (Fsp3) is 0.800. The van der Waals surface area contributed by atoms with E-state index in [0.717, 1.165) is 25.3 Å². The van der Waals surface area contributed by atoms with Crippen molar-refractivity contribution in [2.45, 2.75) is 71.9 Å². The first-order chi connectivity index (χ1) is 8.86. The number of aromatic nitrogens is 2. The Morgan fingerprint density at radius 3 is 2.61 bits per heavy atom. The zero-order chi connectivity index (χ0) is 13.1. The molecule has 0 fully saturated rings. The van der Waals surface area contributed by atoms with E-state index < -0.39 is 0 Å². The van der Waals surface area contributed by atoms with Gasteiger partial charge in [0.25, 0.3) is 0 Å². The fourth-order valence-electron chi connectivity index (χ4n) is 2.09. The van der Waals surface area contributed by atoms with Crippen molar-refractivity contribution in [3.63, 3.8) is 0 Å². The molecule has 3 heteroatoms. The maximum absolute atomic E-state index is 4.42. The Bertz CT molecular complexity index is 294. The Kier molecular flexibility index (Phi) is 8.57. The maximum Gasteiger partial charge on any atom is 0.0949 e. The van der Waals surface area contributed by atoms with Gasteiger partial charge in [0.15, 0.2) is 0 Å². The summed E-state index contributed by atoms with van der Waals surface area (Å²) in [6, 6.07) is 0. The van der Waals surface area contributed by atoms with Crippen LogP contribution in [0.2, 0.25) is 0 Å². The third kappa shape index (κ3) is 6.80. The predicted octanol–water partition coefficient (Wildman–Crippen LogP) is 3.74. The van der Waals surface area contributed by atoms with Crippen molar-refractivity contribution in [2.24, 2.45) is 0 Å². The van der Waals surface area contributed by atoms with E-state index >= 15 is 0 Å². The minimum Gasteiger partial charge on any atom is -0.337 e. The summed E-state index contributed by atoms with van der Waals surface area (Å²) < 4.78 is 2.22. The third-order valence-electron chi connectivity index (χ3n) is 3.19. The fourth-order valence-corrected chi connectivity index (χ4v) is 2.09. The summed E-state index contributed by atoms with van der Waals surface area (Å²) >= 11 is 0. The standard InChI is InChI=1S/C15H29N3/c1-3-5-6-7-8-9-11-18-13-15(17-14-18)12-16-10-4-2/h13-14,16H,3-12H2,1-2H3. The van der Waals surface area contributed by atoms with Crippen molar-refractivity contribution in [2.75, 3.05) is 6.54 Å². The second kappa shape index (κ2) is 10.1. The smallest absolute Gasteiger partial charge is 0.0949 e. The van der Waals surface area contributed by atoms with E-state index in [2.05, 4.69) is 34.9 Å². The molecule has 0 atom stereocenters. The lowest BCUT2D eigenvalue weighted by Crippen LogP contribution is -2.13. The van der Waals surface area contributed by atoms with E-state index in [1.807, 2.05) is 6.33 Å². The largest absolute Gasteiger partial charge is 0.337 e. The van der Waals surface area contributed by atoms with Crippen LogP contribution in [0.4, 0.5) is 0 Å². The molecule has 0 saturated heterocycles. The van der Waals surface area contributed by atoms with Gasteiger partial charge in [-0.15, -0.1) is 0 Å². The van der Waals surface area contributed by atoms with E-state index in [-0.39, 0.29) is 0 Å². The average Bonchev–Trinajstić information content (AvgIpc) is 2.82. The summed E-state index contributed by atoms with van der Waals surface area (Å²) in [4.78, 5) is 4.42. The van der Waals surface area contributed by atoms with Crippen LogP contribution in [0.1, 0.15) is 64.5 Å².